The third-order valence-electron chi connectivity index (χ3n) is 3.45. The lowest BCUT2D eigenvalue weighted by molar-refractivity contribution is 0.104. The monoisotopic (exact) mass is 264 g/mol. The van der Waals surface area contributed by atoms with Gasteiger partial charge in [-0.25, -0.2) is 4.98 Å². The Kier molecular flexibility index (Phi) is 5.02. The molecule has 1 heterocycles. The Balaban J connectivity index is 1.91. The first-order chi connectivity index (χ1) is 9.15. The van der Waals surface area contributed by atoms with E-state index in [1.165, 1.54) is 6.42 Å². The highest BCUT2D eigenvalue weighted by Gasteiger charge is 2.20. The molecule has 4 nitrogen and oxygen atoms in total. The molecule has 4 heteroatoms. The van der Waals surface area contributed by atoms with E-state index in [4.69, 9.17) is 4.74 Å². The molecule has 1 aliphatic carbocycles. The summed E-state index contributed by atoms with van der Waals surface area (Å²) in [5, 5.41) is 13.0. The number of aliphatic hydroxyl groups excluding tert-OH is 1. The summed E-state index contributed by atoms with van der Waals surface area (Å²) < 4.78 is 5.73. The van der Waals surface area contributed by atoms with Gasteiger partial charge in [-0.1, -0.05) is 6.42 Å². The molecule has 0 amide bonds. The number of nitrogens with one attached hydrogen (secondary N) is 1. The van der Waals surface area contributed by atoms with Crippen LogP contribution < -0.4 is 10.1 Å². The van der Waals surface area contributed by atoms with Crippen molar-refractivity contribution in [3.8, 4) is 5.75 Å². The van der Waals surface area contributed by atoms with Gasteiger partial charge in [-0.2, -0.15) is 0 Å². The molecule has 106 valence electrons. The van der Waals surface area contributed by atoms with Crippen molar-refractivity contribution in [2.45, 2.75) is 51.7 Å². The average Bonchev–Trinajstić information content (AvgIpc) is 2.37. The maximum atomic E-state index is 9.68. The molecule has 0 saturated heterocycles. The zero-order valence-electron chi connectivity index (χ0n) is 11.8. The van der Waals surface area contributed by atoms with Crippen LogP contribution >= 0.6 is 0 Å². The number of anilines is 1. The summed E-state index contributed by atoms with van der Waals surface area (Å²) >= 11 is 0. The molecule has 1 aromatic heterocycles. The smallest absolute Gasteiger partial charge is 0.168 e. The Morgan fingerprint density at radius 1 is 1.47 bits per heavy atom. The highest BCUT2D eigenvalue weighted by molar-refractivity contribution is 5.49. The van der Waals surface area contributed by atoms with E-state index in [9.17, 15) is 5.11 Å². The van der Waals surface area contributed by atoms with E-state index in [0.29, 0.717) is 5.92 Å². The Labute approximate surface area is 115 Å². The molecule has 1 aromatic rings. The largest absolute Gasteiger partial charge is 0.487 e. The summed E-state index contributed by atoms with van der Waals surface area (Å²) in [5.41, 5.74) is 0. The predicted molar refractivity (Wildman–Crippen MR) is 76.5 cm³/mol. The molecular weight excluding hydrogens is 240 g/mol. The topological polar surface area (TPSA) is 54.4 Å². The van der Waals surface area contributed by atoms with Crippen LogP contribution in [0.1, 0.15) is 39.5 Å². The molecule has 1 saturated carbocycles. The van der Waals surface area contributed by atoms with Crippen LogP contribution in [-0.2, 0) is 0 Å². The van der Waals surface area contributed by atoms with E-state index in [-0.39, 0.29) is 12.2 Å². The highest BCUT2D eigenvalue weighted by Crippen LogP contribution is 2.26. The molecule has 0 aromatic carbocycles. The molecule has 1 fully saturated rings. The van der Waals surface area contributed by atoms with Gasteiger partial charge >= 0.3 is 0 Å². The van der Waals surface area contributed by atoms with Crippen LogP contribution in [0.2, 0.25) is 0 Å². The molecule has 19 heavy (non-hydrogen) atoms. The number of ether oxygens (including phenoxy) is 1. The number of aliphatic hydroxyl groups is 1. The molecule has 0 spiro atoms. The number of hydrogen-bond acceptors (Lipinski definition) is 4. The van der Waals surface area contributed by atoms with Crippen molar-refractivity contribution in [1.82, 2.24) is 4.98 Å². The van der Waals surface area contributed by atoms with Crippen molar-refractivity contribution in [2.75, 3.05) is 11.9 Å². The lowest BCUT2D eigenvalue weighted by atomic mass is 9.87. The molecule has 2 atom stereocenters. The van der Waals surface area contributed by atoms with E-state index >= 15 is 0 Å². The van der Waals surface area contributed by atoms with E-state index in [1.54, 1.807) is 6.20 Å². The first-order valence-electron chi connectivity index (χ1n) is 7.18. The maximum Gasteiger partial charge on any atom is 0.168 e. The average molecular weight is 264 g/mol. The standard InChI is InChI=1S/C15H24N2O2/c1-11(2)19-14-7-4-8-16-15(14)17-10-12-5-3-6-13(18)9-12/h4,7-8,11-13,18H,3,5-6,9-10H2,1-2H3,(H,16,17). The van der Waals surface area contributed by atoms with Crippen molar-refractivity contribution in [1.29, 1.82) is 0 Å². The second-order valence-electron chi connectivity index (χ2n) is 5.58. The van der Waals surface area contributed by atoms with Gasteiger partial charge in [0.1, 0.15) is 0 Å². The zero-order valence-corrected chi connectivity index (χ0v) is 11.8. The van der Waals surface area contributed by atoms with Crippen molar-refractivity contribution in [3.05, 3.63) is 18.3 Å². The fraction of sp³-hybridized carbons (Fsp3) is 0.667. The third kappa shape index (κ3) is 4.39. The van der Waals surface area contributed by atoms with Gasteiger partial charge in [0.25, 0.3) is 0 Å². The van der Waals surface area contributed by atoms with Gasteiger partial charge in [0.15, 0.2) is 11.6 Å². The molecule has 0 aliphatic heterocycles. The molecule has 1 aliphatic rings. The number of aromatic nitrogens is 1. The molecule has 2 rings (SSSR count). The highest BCUT2D eigenvalue weighted by atomic mass is 16.5. The molecular formula is C15H24N2O2. The van der Waals surface area contributed by atoms with Gasteiger partial charge in [-0.05, 0) is 51.2 Å². The minimum atomic E-state index is -0.129. The second kappa shape index (κ2) is 6.75. The van der Waals surface area contributed by atoms with E-state index in [1.807, 2.05) is 26.0 Å². The van der Waals surface area contributed by atoms with Crippen molar-refractivity contribution in [3.63, 3.8) is 0 Å². The summed E-state index contributed by atoms with van der Waals surface area (Å²) in [6.45, 7) is 4.87. The fourth-order valence-corrected chi connectivity index (χ4v) is 2.56. The SMILES string of the molecule is CC(C)Oc1cccnc1NCC1CCCC(O)C1. The van der Waals surface area contributed by atoms with Gasteiger partial charge in [-0.3, -0.25) is 0 Å². The van der Waals surface area contributed by atoms with E-state index in [2.05, 4.69) is 10.3 Å². The van der Waals surface area contributed by atoms with Crippen LogP contribution in [0.25, 0.3) is 0 Å². The Bertz CT molecular complexity index is 395. The first kappa shape index (κ1) is 14.1. The summed E-state index contributed by atoms with van der Waals surface area (Å²) in [5.74, 6) is 2.13. The predicted octanol–water partition coefficient (Wildman–Crippen LogP) is 2.83. The molecule has 0 radical (unpaired) electrons. The van der Waals surface area contributed by atoms with Crippen LogP contribution in [-0.4, -0.2) is 28.8 Å². The molecule has 0 bridgehead atoms. The minimum Gasteiger partial charge on any atom is -0.487 e. The van der Waals surface area contributed by atoms with Gasteiger partial charge < -0.3 is 15.2 Å². The number of hydrogen-bond donors (Lipinski definition) is 2. The summed E-state index contributed by atoms with van der Waals surface area (Å²) in [6, 6.07) is 3.82. The van der Waals surface area contributed by atoms with Crippen LogP contribution in [0, 0.1) is 5.92 Å². The van der Waals surface area contributed by atoms with Gasteiger partial charge in [0, 0.05) is 12.7 Å². The van der Waals surface area contributed by atoms with Crippen LogP contribution in [0.4, 0.5) is 5.82 Å². The van der Waals surface area contributed by atoms with Crippen LogP contribution in [0.5, 0.6) is 5.75 Å². The van der Waals surface area contributed by atoms with Crippen molar-refractivity contribution < 1.29 is 9.84 Å². The van der Waals surface area contributed by atoms with Crippen LogP contribution in [0.3, 0.4) is 0 Å². The second-order valence-corrected chi connectivity index (χ2v) is 5.58. The van der Waals surface area contributed by atoms with Crippen molar-refractivity contribution >= 4 is 5.82 Å². The Morgan fingerprint density at radius 3 is 3.05 bits per heavy atom. The number of rotatable bonds is 5. The lowest BCUT2D eigenvalue weighted by Crippen LogP contribution is -2.25. The van der Waals surface area contributed by atoms with Crippen LogP contribution in [0.15, 0.2) is 18.3 Å². The van der Waals surface area contributed by atoms with Gasteiger partial charge in [0.2, 0.25) is 0 Å². The molecule has 2 N–H and O–H groups in total. The summed E-state index contributed by atoms with van der Waals surface area (Å²) in [7, 11) is 0. The fourth-order valence-electron chi connectivity index (χ4n) is 2.56. The summed E-state index contributed by atoms with van der Waals surface area (Å²) in [4.78, 5) is 4.34. The normalized spacial score (nSPS) is 23.4. The minimum absolute atomic E-state index is 0.129. The van der Waals surface area contributed by atoms with Gasteiger partial charge in [0.05, 0.1) is 12.2 Å². The Hall–Kier alpha value is -1.29. The van der Waals surface area contributed by atoms with E-state index in [0.717, 1.165) is 37.4 Å². The number of nitrogens with zero attached hydrogens (tertiary/aromatic N) is 1. The maximum absolute atomic E-state index is 9.68. The quantitative estimate of drug-likeness (QED) is 0.858. The Morgan fingerprint density at radius 2 is 2.32 bits per heavy atom. The van der Waals surface area contributed by atoms with Crippen molar-refractivity contribution in [2.24, 2.45) is 5.92 Å². The number of pyridine rings is 1. The van der Waals surface area contributed by atoms with Gasteiger partial charge in [-0.15, -0.1) is 0 Å². The first-order valence-corrected chi connectivity index (χ1v) is 7.18. The zero-order chi connectivity index (χ0) is 13.7. The van der Waals surface area contributed by atoms with E-state index < -0.39 is 0 Å². The third-order valence-corrected chi connectivity index (χ3v) is 3.45. The lowest BCUT2D eigenvalue weighted by Gasteiger charge is -2.26. The summed E-state index contributed by atoms with van der Waals surface area (Å²) in [6.07, 6.45) is 5.91. The molecule has 2 unspecified atom stereocenters.